The third-order valence-electron chi connectivity index (χ3n) is 1.03. The lowest BCUT2D eigenvalue weighted by Crippen LogP contribution is -1.94. The van der Waals surface area contributed by atoms with Gasteiger partial charge >= 0.3 is 0 Å². The van der Waals surface area contributed by atoms with Gasteiger partial charge in [-0.3, -0.25) is 10.1 Å². The molecule has 0 N–H and O–H groups in total. The molecule has 0 saturated carbocycles. The van der Waals surface area contributed by atoms with Gasteiger partial charge in [-0.05, 0) is 11.8 Å². The number of nitro groups is 1. The first-order valence-corrected chi connectivity index (χ1v) is 5.84. The molecule has 1 aromatic rings. The number of halogens is 3. The number of hydrogen-bond acceptors (Lipinski definition) is 4. The number of nitrogens with zero attached hydrogens (tertiary/aromatic N) is 1. The van der Waals surface area contributed by atoms with E-state index >= 15 is 0 Å². The van der Waals surface area contributed by atoms with E-state index in [1.165, 1.54) is 0 Å². The van der Waals surface area contributed by atoms with E-state index < -0.39 is 4.92 Å². The van der Waals surface area contributed by atoms with Crippen molar-refractivity contribution in [3.05, 3.63) is 24.5 Å². The maximum atomic E-state index is 10.1. The molecule has 3 nitrogen and oxygen atoms in total. The molecule has 0 radical (unpaired) electrons. The van der Waals surface area contributed by atoms with Gasteiger partial charge < -0.3 is 0 Å². The lowest BCUT2D eigenvalue weighted by atomic mass is 10.6. The van der Waals surface area contributed by atoms with E-state index in [0.717, 1.165) is 23.1 Å². The minimum absolute atomic E-state index is 0.243. The SMILES string of the molecule is O=[N+]([O-])CSc1sc(Cl)c(Cl)c1Cl. The molecule has 8 heteroatoms. The Kier molecular flexibility index (Phi) is 4.12. The Morgan fingerprint density at radius 3 is 2.38 bits per heavy atom. The minimum Gasteiger partial charge on any atom is -0.264 e. The van der Waals surface area contributed by atoms with Gasteiger partial charge in [-0.15, -0.1) is 11.3 Å². The first kappa shape index (κ1) is 11.4. The van der Waals surface area contributed by atoms with Gasteiger partial charge in [0.15, 0.2) is 0 Å². The van der Waals surface area contributed by atoms with Crippen molar-refractivity contribution in [1.29, 1.82) is 0 Å². The van der Waals surface area contributed by atoms with Crippen LogP contribution in [-0.4, -0.2) is 10.8 Å². The Morgan fingerprint density at radius 1 is 1.38 bits per heavy atom. The van der Waals surface area contributed by atoms with Crippen LogP contribution >= 0.6 is 57.9 Å². The molecule has 0 aliphatic rings. The van der Waals surface area contributed by atoms with E-state index in [4.69, 9.17) is 34.8 Å². The molecule has 0 amide bonds. The molecule has 72 valence electrons. The van der Waals surface area contributed by atoms with Crippen LogP contribution in [0.5, 0.6) is 0 Å². The Hall–Kier alpha value is 0.320. The number of hydrogen-bond donors (Lipinski definition) is 0. The number of rotatable bonds is 3. The normalized spacial score (nSPS) is 10.4. The van der Waals surface area contributed by atoms with Crippen LogP contribution in [0, 0.1) is 10.1 Å². The van der Waals surface area contributed by atoms with Crippen molar-refractivity contribution in [2.24, 2.45) is 0 Å². The molecular formula is C5H2Cl3NO2S2. The monoisotopic (exact) mass is 277 g/mol. The maximum Gasteiger partial charge on any atom is 0.254 e. The van der Waals surface area contributed by atoms with Crippen LogP contribution in [0.15, 0.2) is 4.21 Å². The minimum atomic E-state index is -0.442. The van der Waals surface area contributed by atoms with Gasteiger partial charge in [-0.2, -0.15) is 0 Å². The summed E-state index contributed by atoms with van der Waals surface area (Å²) in [7, 11) is 0. The fourth-order valence-electron chi connectivity index (χ4n) is 0.551. The molecule has 0 aliphatic carbocycles. The summed E-state index contributed by atoms with van der Waals surface area (Å²) in [6.07, 6.45) is 0. The van der Waals surface area contributed by atoms with Gasteiger partial charge in [0.1, 0.15) is 4.34 Å². The van der Waals surface area contributed by atoms with Crippen molar-refractivity contribution >= 4 is 57.9 Å². The average Bonchev–Trinajstić information content (AvgIpc) is 2.29. The van der Waals surface area contributed by atoms with Gasteiger partial charge in [-0.25, -0.2) is 0 Å². The second-order valence-corrected chi connectivity index (χ2v) is 5.49. The van der Waals surface area contributed by atoms with Crippen LogP contribution in [0.25, 0.3) is 0 Å². The summed E-state index contributed by atoms with van der Waals surface area (Å²) in [6.45, 7) is 0. The molecule has 13 heavy (non-hydrogen) atoms. The Labute approximate surface area is 97.1 Å². The van der Waals surface area contributed by atoms with E-state index in [0.29, 0.717) is 13.6 Å². The van der Waals surface area contributed by atoms with Crippen molar-refractivity contribution in [3.63, 3.8) is 0 Å². The van der Waals surface area contributed by atoms with Crippen LogP contribution in [0.4, 0.5) is 0 Å². The van der Waals surface area contributed by atoms with Crippen molar-refractivity contribution < 1.29 is 4.92 Å². The number of thioether (sulfide) groups is 1. The van der Waals surface area contributed by atoms with Crippen LogP contribution < -0.4 is 0 Å². The molecule has 0 fully saturated rings. The zero-order valence-corrected chi connectivity index (χ0v) is 9.82. The van der Waals surface area contributed by atoms with Gasteiger partial charge in [0.05, 0.1) is 14.3 Å². The molecule has 0 aliphatic heterocycles. The summed E-state index contributed by atoms with van der Waals surface area (Å²) in [5.41, 5.74) is 0. The van der Waals surface area contributed by atoms with Crippen molar-refractivity contribution in [1.82, 2.24) is 0 Å². The molecule has 0 aromatic carbocycles. The summed E-state index contributed by atoms with van der Waals surface area (Å²) in [6, 6.07) is 0. The largest absolute Gasteiger partial charge is 0.264 e. The first-order chi connectivity index (χ1) is 6.02. The van der Waals surface area contributed by atoms with Gasteiger partial charge in [-0.1, -0.05) is 34.8 Å². The van der Waals surface area contributed by atoms with E-state index in [9.17, 15) is 10.1 Å². The lowest BCUT2D eigenvalue weighted by molar-refractivity contribution is -0.456. The molecule has 1 aromatic heterocycles. The first-order valence-electron chi connectivity index (χ1n) is 2.90. The maximum absolute atomic E-state index is 10.1. The highest BCUT2D eigenvalue weighted by Gasteiger charge is 2.15. The highest BCUT2D eigenvalue weighted by Crippen LogP contribution is 2.45. The van der Waals surface area contributed by atoms with Crippen molar-refractivity contribution in [2.75, 3.05) is 5.88 Å². The Morgan fingerprint density at radius 2 is 2.00 bits per heavy atom. The van der Waals surface area contributed by atoms with Crippen LogP contribution in [0.3, 0.4) is 0 Å². The second kappa shape index (κ2) is 4.70. The summed E-state index contributed by atoms with van der Waals surface area (Å²) in [5.74, 6) is -0.243. The summed E-state index contributed by atoms with van der Waals surface area (Å²) in [5, 5.41) is 10.6. The Balaban J connectivity index is 2.78. The lowest BCUT2D eigenvalue weighted by Gasteiger charge is -1.91. The third kappa shape index (κ3) is 2.89. The standard InChI is InChI=1S/C5H2Cl3NO2S2/c6-2-3(7)5(13-4(2)8)12-1-9(10)11/h1H2. The summed E-state index contributed by atoms with van der Waals surface area (Å²) < 4.78 is 0.936. The molecular weight excluding hydrogens is 277 g/mol. The molecule has 1 heterocycles. The molecule has 0 unspecified atom stereocenters. The van der Waals surface area contributed by atoms with Crippen molar-refractivity contribution in [2.45, 2.75) is 4.21 Å². The van der Waals surface area contributed by atoms with E-state index in [1.807, 2.05) is 0 Å². The second-order valence-electron chi connectivity index (χ2n) is 1.90. The molecule has 0 saturated heterocycles. The Bertz CT molecular complexity index is 341. The zero-order valence-electron chi connectivity index (χ0n) is 5.92. The fraction of sp³-hybridized carbons (Fsp3) is 0.200. The topological polar surface area (TPSA) is 43.1 Å². The third-order valence-corrected chi connectivity index (χ3v) is 4.92. The highest BCUT2D eigenvalue weighted by atomic mass is 35.5. The van der Waals surface area contributed by atoms with Crippen molar-refractivity contribution in [3.8, 4) is 0 Å². The summed E-state index contributed by atoms with van der Waals surface area (Å²) in [4.78, 5) is 9.61. The van der Waals surface area contributed by atoms with Crippen LogP contribution in [0.2, 0.25) is 14.4 Å². The smallest absolute Gasteiger partial charge is 0.254 e. The van der Waals surface area contributed by atoms with E-state index in [-0.39, 0.29) is 10.9 Å². The summed E-state index contributed by atoms with van der Waals surface area (Å²) >= 11 is 19.2. The molecule has 0 spiro atoms. The van der Waals surface area contributed by atoms with Gasteiger partial charge in [0, 0.05) is 4.92 Å². The van der Waals surface area contributed by atoms with Gasteiger partial charge in [0.2, 0.25) is 0 Å². The van der Waals surface area contributed by atoms with Crippen LogP contribution in [0.1, 0.15) is 0 Å². The highest BCUT2D eigenvalue weighted by molar-refractivity contribution is 8.01. The predicted octanol–water partition coefficient (Wildman–Crippen LogP) is 4.03. The van der Waals surface area contributed by atoms with E-state index in [2.05, 4.69) is 0 Å². The molecule has 0 atom stereocenters. The van der Waals surface area contributed by atoms with E-state index in [1.54, 1.807) is 0 Å². The van der Waals surface area contributed by atoms with Gasteiger partial charge in [0.25, 0.3) is 5.88 Å². The molecule has 1 rings (SSSR count). The molecule has 0 bridgehead atoms. The zero-order chi connectivity index (χ0) is 10.0. The van der Waals surface area contributed by atoms with Crippen LogP contribution in [-0.2, 0) is 0 Å². The predicted molar refractivity (Wildman–Crippen MR) is 57.1 cm³/mol. The number of thiophene rings is 1. The fourth-order valence-corrected chi connectivity index (χ4v) is 3.46. The average molecular weight is 279 g/mol. The quantitative estimate of drug-likeness (QED) is 0.363.